The summed E-state index contributed by atoms with van der Waals surface area (Å²) in [5.74, 6) is -0.729. The van der Waals surface area contributed by atoms with Crippen LogP contribution in [0.1, 0.15) is 36.2 Å². The van der Waals surface area contributed by atoms with E-state index in [-0.39, 0.29) is 5.69 Å². The first-order chi connectivity index (χ1) is 8.75. The van der Waals surface area contributed by atoms with E-state index in [1.165, 1.54) is 25.1 Å². The minimum absolute atomic E-state index is 0.00999. The van der Waals surface area contributed by atoms with Gasteiger partial charge in [-0.05, 0) is 18.9 Å². The Kier molecular flexibility index (Phi) is 4.46. The van der Waals surface area contributed by atoms with E-state index in [0.29, 0.717) is 25.2 Å². The van der Waals surface area contributed by atoms with Crippen molar-refractivity contribution < 1.29 is 14.6 Å². The SMILES string of the molecule is O=C(O)c1ccnc(NCCOC2CCCC2)n1. The highest BCUT2D eigenvalue weighted by Crippen LogP contribution is 2.20. The number of carbonyl (C=O) groups is 1. The summed E-state index contributed by atoms with van der Waals surface area (Å²) < 4.78 is 5.67. The van der Waals surface area contributed by atoms with Crippen LogP contribution in [0.25, 0.3) is 0 Å². The number of aromatic carboxylic acids is 1. The van der Waals surface area contributed by atoms with Gasteiger partial charge in [-0.25, -0.2) is 14.8 Å². The molecule has 0 spiro atoms. The zero-order valence-corrected chi connectivity index (χ0v) is 10.1. The van der Waals surface area contributed by atoms with Gasteiger partial charge in [0.1, 0.15) is 0 Å². The van der Waals surface area contributed by atoms with E-state index in [9.17, 15) is 4.79 Å². The molecule has 6 nitrogen and oxygen atoms in total. The predicted octanol–water partition coefficient (Wildman–Crippen LogP) is 1.55. The Morgan fingerprint density at radius 2 is 2.28 bits per heavy atom. The molecule has 1 aliphatic rings. The highest BCUT2D eigenvalue weighted by Gasteiger charge is 2.14. The van der Waals surface area contributed by atoms with Gasteiger partial charge < -0.3 is 15.2 Å². The maximum absolute atomic E-state index is 10.7. The van der Waals surface area contributed by atoms with E-state index in [0.717, 1.165) is 12.8 Å². The lowest BCUT2D eigenvalue weighted by Crippen LogP contribution is -2.17. The molecule has 1 saturated carbocycles. The van der Waals surface area contributed by atoms with Gasteiger partial charge in [-0.1, -0.05) is 12.8 Å². The Morgan fingerprint density at radius 1 is 1.50 bits per heavy atom. The van der Waals surface area contributed by atoms with Gasteiger partial charge >= 0.3 is 5.97 Å². The van der Waals surface area contributed by atoms with Crippen LogP contribution in [0.5, 0.6) is 0 Å². The molecule has 0 atom stereocenters. The van der Waals surface area contributed by atoms with Gasteiger partial charge in [0.2, 0.25) is 5.95 Å². The zero-order chi connectivity index (χ0) is 12.8. The van der Waals surface area contributed by atoms with E-state index in [2.05, 4.69) is 15.3 Å². The normalized spacial score (nSPS) is 15.8. The maximum atomic E-state index is 10.7. The van der Waals surface area contributed by atoms with Crippen LogP contribution in [0.3, 0.4) is 0 Å². The van der Waals surface area contributed by atoms with Crippen LogP contribution in [0, 0.1) is 0 Å². The number of hydrogen-bond acceptors (Lipinski definition) is 5. The molecule has 1 heterocycles. The highest BCUT2D eigenvalue weighted by atomic mass is 16.5. The quantitative estimate of drug-likeness (QED) is 0.746. The Labute approximate surface area is 105 Å². The van der Waals surface area contributed by atoms with Crippen molar-refractivity contribution in [3.05, 3.63) is 18.0 Å². The number of rotatable bonds is 6. The average Bonchev–Trinajstić information content (AvgIpc) is 2.88. The van der Waals surface area contributed by atoms with Crippen LogP contribution in [0.15, 0.2) is 12.3 Å². The third-order valence-electron chi connectivity index (χ3n) is 2.92. The highest BCUT2D eigenvalue weighted by molar-refractivity contribution is 5.85. The monoisotopic (exact) mass is 251 g/mol. The van der Waals surface area contributed by atoms with E-state index in [4.69, 9.17) is 9.84 Å². The molecule has 0 radical (unpaired) electrons. The van der Waals surface area contributed by atoms with Gasteiger partial charge in [0.05, 0.1) is 12.7 Å². The number of nitrogens with zero attached hydrogens (tertiary/aromatic N) is 2. The molecule has 0 unspecified atom stereocenters. The van der Waals surface area contributed by atoms with Crippen molar-refractivity contribution in [2.75, 3.05) is 18.5 Å². The smallest absolute Gasteiger partial charge is 0.354 e. The van der Waals surface area contributed by atoms with Crippen LogP contribution in [-0.4, -0.2) is 40.3 Å². The number of carboxylic acid groups (broad SMARTS) is 1. The van der Waals surface area contributed by atoms with Crippen LogP contribution in [0.2, 0.25) is 0 Å². The van der Waals surface area contributed by atoms with Crippen LogP contribution < -0.4 is 5.32 Å². The molecule has 2 rings (SSSR count). The Morgan fingerprint density at radius 3 is 3.00 bits per heavy atom. The molecule has 1 fully saturated rings. The Hall–Kier alpha value is -1.69. The molecular weight excluding hydrogens is 234 g/mol. The van der Waals surface area contributed by atoms with E-state index in [1.807, 2.05) is 0 Å². The summed E-state index contributed by atoms with van der Waals surface area (Å²) in [6.45, 7) is 1.17. The number of hydrogen-bond donors (Lipinski definition) is 2. The fourth-order valence-corrected chi connectivity index (χ4v) is 2.01. The molecule has 98 valence electrons. The van der Waals surface area contributed by atoms with E-state index >= 15 is 0 Å². The van der Waals surface area contributed by atoms with E-state index in [1.54, 1.807) is 0 Å². The first-order valence-electron chi connectivity index (χ1n) is 6.17. The predicted molar refractivity (Wildman–Crippen MR) is 65.7 cm³/mol. The van der Waals surface area contributed by atoms with Gasteiger partial charge in [-0.3, -0.25) is 0 Å². The number of carboxylic acids is 1. The molecule has 0 aromatic carbocycles. The Bertz CT molecular complexity index is 405. The second kappa shape index (κ2) is 6.30. The van der Waals surface area contributed by atoms with Crippen molar-refractivity contribution in [3.63, 3.8) is 0 Å². The van der Waals surface area contributed by atoms with Crippen molar-refractivity contribution in [1.29, 1.82) is 0 Å². The summed E-state index contributed by atoms with van der Waals surface area (Å²) in [7, 11) is 0. The molecular formula is C12H17N3O3. The lowest BCUT2D eigenvalue weighted by molar-refractivity contribution is 0.0658. The van der Waals surface area contributed by atoms with Crippen LogP contribution in [0.4, 0.5) is 5.95 Å². The van der Waals surface area contributed by atoms with Crippen molar-refractivity contribution >= 4 is 11.9 Å². The standard InChI is InChI=1S/C12H17N3O3/c16-11(17)10-5-6-13-12(15-10)14-7-8-18-9-3-1-2-4-9/h5-6,9H,1-4,7-8H2,(H,16,17)(H,13,14,15). The third-order valence-corrected chi connectivity index (χ3v) is 2.92. The van der Waals surface area contributed by atoms with Gasteiger partial charge in [-0.2, -0.15) is 0 Å². The summed E-state index contributed by atoms with van der Waals surface area (Å²) in [6.07, 6.45) is 6.61. The second-order valence-corrected chi connectivity index (χ2v) is 4.27. The van der Waals surface area contributed by atoms with Crippen molar-refractivity contribution in [2.24, 2.45) is 0 Å². The minimum Gasteiger partial charge on any atom is -0.477 e. The molecule has 0 bridgehead atoms. The summed E-state index contributed by atoms with van der Waals surface area (Å²) >= 11 is 0. The summed E-state index contributed by atoms with van der Waals surface area (Å²) in [5.41, 5.74) is -0.00999. The molecule has 1 aliphatic carbocycles. The summed E-state index contributed by atoms with van der Waals surface area (Å²) in [5, 5.41) is 11.7. The topological polar surface area (TPSA) is 84.3 Å². The number of anilines is 1. The number of ether oxygens (including phenoxy) is 1. The average molecular weight is 251 g/mol. The first kappa shape index (κ1) is 12.8. The zero-order valence-electron chi connectivity index (χ0n) is 10.1. The second-order valence-electron chi connectivity index (χ2n) is 4.27. The maximum Gasteiger partial charge on any atom is 0.354 e. The Balaban J connectivity index is 1.72. The lowest BCUT2D eigenvalue weighted by Gasteiger charge is -2.11. The molecule has 0 aliphatic heterocycles. The van der Waals surface area contributed by atoms with Crippen molar-refractivity contribution in [3.8, 4) is 0 Å². The van der Waals surface area contributed by atoms with Crippen molar-refractivity contribution in [2.45, 2.75) is 31.8 Å². The summed E-state index contributed by atoms with van der Waals surface area (Å²) in [4.78, 5) is 18.5. The molecule has 0 amide bonds. The van der Waals surface area contributed by atoms with Gasteiger partial charge in [0.15, 0.2) is 5.69 Å². The number of aromatic nitrogens is 2. The molecule has 18 heavy (non-hydrogen) atoms. The van der Waals surface area contributed by atoms with Crippen LogP contribution in [-0.2, 0) is 4.74 Å². The lowest BCUT2D eigenvalue weighted by atomic mass is 10.3. The fraction of sp³-hybridized carbons (Fsp3) is 0.583. The van der Waals surface area contributed by atoms with E-state index < -0.39 is 5.97 Å². The van der Waals surface area contributed by atoms with Crippen LogP contribution >= 0.6 is 0 Å². The molecule has 6 heteroatoms. The van der Waals surface area contributed by atoms with Gasteiger partial charge in [0.25, 0.3) is 0 Å². The molecule has 1 aromatic heterocycles. The first-order valence-corrected chi connectivity index (χ1v) is 6.17. The van der Waals surface area contributed by atoms with Gasteiger partial charge in [-0.15, -0.1) is 0 Å². The minimum atomic E-state index is -1.05. The van der Waals surface area contributed by atoms with Gasteiger partial charge in [0, 0.05) is 12.7 Å². The fourth-order valence-electron chi connectivity index (χ4n) is 2.01. The molecule has 1 aromatic rings. The third kappa shape index (κ3) is 3.66. The molecule has 2 N–H and O–H groups in total. The molecule has 0 saturated heterocycles. The summed E-state index contributed by atoms with van der Waals surface area (Å²) in [6, 6.07) is 1.36. The van der Waals surface area contributed by atoms with Crippen molar-refractivity contribution in [1.82, 2.24) is 9.97 Å². The largest absolute Gasteiger partial charge is 0.477 e. The number of nitrogens with one attached hydrogen (secondary N) is 1.